The summed E-state index contributed by atoms with van der Waals surface area (Å²) in [4.78, 5) is 7.00. The molecule has 1 heterocycles. The summed E-state index contributed by atoms with van der Waals surface area (Å²) in [6.07, 6.45) is 2.12. The number of halogens is 2. The first-order valence-corrected chi connectivity index (χ1v) is 8.34. The summed E-state index contributed by atoms with van der Waals surface area (Å²) < 4.78 is 44.5. The van der Waals surface area contributed by atoms with Crippen molar-refractivity contribution in [2.24, 2.45) is 0 Å². The number of hydrogen-bond donors (Lipinski definition) is 0. The van der Waals surface area contributed by atoms with Crippen molar-refractivity contribution in [1.82, 2.24) is 9.97 Å². The van der Waals surface area contributed by atoms with Gasteiger partial charge in [0.05, 0.1) is 22.7 Å². The highest BCUT2D eigenvalue weighted by atomic mass is 35.7. The summed E-state index contributed by atoms with van der Waals surface area (Å²) >= 11 is 5.57. The largest absolute Gasteiger partial charge is 0.243 e. The van der Waals surface area contributed by atoms with E-state index in [0.717, 1.165) is 12.5 Å². The Bertz CT molecular complexity index is 584. The molecule has 0 saturated heterocycles. The molecule has 0 bridgehead atoms. The van der Waals surface area contributed by atoms with E-state index in [0.29, 0.717) is 0 Å². The number of nitrogens with zero attached hydrogens (tertiary/aromatic N) is 2. The summed E-state index contributed by atoms with van der Waals surface area (Å²) in [5.41, 5.74) is 0. The minimum Gasteiger partial charge on any atom is -0.243 e. The molecule has 0 N–H and O–H groups in total. The van der Waals surface area contributed by atoms with E-state index in [1.807, 2.05) is 0 Å². The third-order valence-electron chi connectivity index (χ3n) is 1.52. The van der Waals surface area contributed by atoms with Gasteiger partial charge in [-0.15, -0.1) is 0 Å². The van der Waals surface area contributed by atoms with Crippen molar-refractivity contribution in [2.75, 3.05) is 11.5 Å². The average Bonchev–Trinajstić information content (AvgIpc) is 2.14. The first kappa shape index (κ1) is 13.6. The molecule has 0 aliphatic rings. The Morgan fingerprint density at radius 1 is 1.19 bits per heavy atom. The van der Waals surface area contributed by atoms with Gasteiger partial charge >= 0.3 is 0 Å². The topological polar surface area (TPSA) is 94.1 Å². The molecule has 10 heteroatoms. The number of rotatable bonds is 4. The third kappa shape index (κ3) is 3.85. The van der Waals surface area contributed by atoms with Crippen LogP contribution in [0.3, 0.4) is 0 Å². The molecule has 16 heavy (non-hydrogen) atoms. The molecule has 0 radical (unpaired) electrons. The van der Waals surface area contributed by atoms with Gasteiger partial charge in [-0.3, -0.25) is 0 Å². The highest BCUT2D eigenvalue weighted by Gasteiger charge is 2.22. The SMILES string of the molecule is O=S(=O)(Cl)CCS(=O)(=O)c1ncncc1Cl. The van der Waals surface area contributed by atoms with Gasteiger partial charge in [-0.2, -0.15) is 0 Å². The normalized spacial score (nSPS) is 12.6. The minimum absolute atomic E-state index is 0.158. The smallest absolute Gasteiger partial charge is 0.233 e. The van der Waals surface area contributed by atoms with Gasteiger partial charge in [0, 0.05) is 10.7 Å². The fourth-order valence-electron chi connectivity index (χ4n) is 0.836. The Morgan fingerprint density at radius 3 is 2.31 bits per heavy atom. The van der Waals surface area contributed by atoms with Crippen LogP contribution in [-0.2, 0) is 18.9 Å². The maximum atomic E-state index is 11.6. The highest BCUT2D eigenvalue weighted by Crippen LogP contribution is 2.18. The Labute approximate surface area is 102 Å². The van der Waals surface area contributed by atoms with Crippen LogP contribution < -0.4 is 0 Å². The number of sulfone groups is 1. The highest BCUT2D eigenvalue weighted by molar-refractivity contribution is 8.14. The molecule has 0 aliphatic carbocycles. The lowest BCUT2D eigenvalue weighted by molar-refractivity contribution is 0.589. The van der Waals surface area contributed by atoms with E-state index in [4.69, 9.17) is 22.3 Å². The van der Waals surface area contributed by atoms with Crippen LogP contribution in [0.2, 0.25) is 5.02 Å². The van der Waals surface area contributed by atoms with Crippen molar-refractivity contribution in [3.63, 3.8) is 0 Å². The summed E-state index contributed by atoms with van der Waals surface area (Å²) in [5, 5.41) is -0.557. The van der Waals surface area contributed by atoms with Crippen molar-refractivity contribution in [2.45, 2.75) is 5.03 Å². The lowest BCUT2D eigenvalue weighted by atomic mass is 10.7. The Morgan fingerprint density at radius 2 is 1.81 bits per heavy atom. The second kappa shape index (κ2) is 4.82. The lowest BCUT2D eigenvalue weighted by Crippen LogP contribution is -2.15. The van der Waals surface area contributed by atoms with Crippen LogP contribution in [0.25, 0.3) is 0 Å². The van der Waals surface area contributed by atoms with Crippen LogP contribution in [0, 0.1) is 0 Å². The van der Waals surface area contributed by atoms with E-state index in [-0.39, 0.29) is 5.02 Å². The fourth-order valence-corrected chi connectivity index (χ4v) is 4.29. The zero-order valence-electron chi connectivity index (χ0n) is 7.67. The molecule has 0 unspecified atom stereocenters. The van der Waals surface area contributed by atoms with Crippen molar-refractivity contribution in [3.8, 4) is 0 Å². The van der Waals surface area contributed by atoms with Gasteiger partial charge in [-0.1, -0.05) is 11.6 Å². The minimum atomic E-state index is -3.87. The molecular formula is C6H6Cl2N2O4S2. The molecule has 1 aromatic heterocycles. The molecule has 0 saturated carbocycles. The summed E-state index contributed by atoms with van der Waals surface area (Å²) in [6, 6.07) is 0. The van der Waals surface area contributed by atoms with Crippen molar-refractivity contribution in [1.29, 1.82) is 0 Å². The standard InChI is InChI=1S/C6H6Cl2N2O4S2/c7-5-3-9-4-10-6(5)15(11,12)1-2-16(8,13)14/h3-4H,1-2H2. The molecule has 0 atom stereocenters. The second-order valence-electron chi connectivity index (χ2n) is 2.74. The molecule has 0 aliphatic heterocycles. The zero-order chi connectivity index (χ0) is 12.4. The maximum absolute atomic E-state index is 11.6. The van der Waals surface area contributed by atoms with Crippen molar-refractivity contribution in [3.05, 3.63) is 17.5 Å². The van der Waals surface area contributed by atoms with Crippen LogP contribution in [0.15, 0.2) is 17.6 Å². The second-order valence-corrected chi connectivity index (χ2v) is 8.07. The molecule has 0 fully saturated rings. The van der Waals surface area contributed by atoms with E-state index in [2.05, 4.69) is 9.97 Å². The molecule has 0 aromatic carbocycles. The van der Waals surface area contributed by atoms with Crippen LogP contribution in [0.1, 0.15) is 0 Å². The molecule has 90 valence electrons. The molecule has 1 aromatic rings. The van der Waals surface area contributed by atoms with Gasteiger partial charge in [-0.05, 0) is 0 Å². The molecule has 0 spiro atoms. The van der Waals surface area contributed by atoms with Gasteiger partial charge in [-0.25, -0.2) is 26.8 Å². The monoisotopic (exact) mass is 304 g/mol. The lowest BCUT2D eigenvalue weighted by Gasteiger charge is -2.02. The van der Waals surface area contributed by atoms with E-state index < -0.39 is 35.4 Å². The van der Waals surface area contributed by atoms with E-state index in [1.54, 1.807) is 0 Å². The number of hydrogen-bond acceptors (Lipinski definition) is 6. The van der Waals surface area contributed by atoms with Crippen LogP contribution in [0.4, 0.5) is 0 Å². The van der Waals surface area contributed by atoms with E-state index in [1.165, 1.54) is 0 Å². The van der Waals surface area contributed by atoms with Crippen LogP contribution >= 0.6 is 22.3 Å². The predicted molar refractivity (Wildman–Crippen MR) is 58.7 cm³/mol. The molecule has 6 nitrogen and oxygen atoms in total. The Hall–Kier alpha value is -0.440. The van der Waals surface area contributed by atoms with Gasteiger partial charge in [0.25, 0.3) is 0 Å². The van der Waals surface area contributed by atoms with Crippen LogP contribution in [-0.4, -0.2) is 38.3 Å². The molecule has 0 amide bonds. The first-order chi connectivity index (χ1) is 7.22. The summed E-state index contributed by atoms with van der Waals surface area (Å²) in [6.45, 7) is 0. The fraction of sp³-hybridized carbons (Fsp3) is 0.333. The van der Waals surface area contributed by atoms with Gasteiger partial charge in [0.2, 0.25) is 9.05 Å². The predicted octanol–water partition coefficient (Wildman–Crippen LogP) is 0.472. The molecular weight excluding hydrogens is 299 g/mol. The van der Waals surface area contributed by atoms with Gasteiger partial charge < -0.3 is 0 Å². The van der Waals surface area contributed by atoms with Crippen LogP contribution in [0.5, 0.6) is 0 Å². The van der Waals surface area contributed by atoms with Crippen molar-refractivity contribution < 1.29 is 16.8 Å². The quantitative estimate of drug-likeness (QED) is 0.593. The van der Waals surface area contributed by atoms with E-state index >= 15 is 0 Å². The molecule has 1 rings (SSSR count). The van der Waals surface area contributed by atoms with Gasteiger partial charge in [0.15, 0.2) is 14.9 Å². The van der Waals surface area contributed by atoms with E-state index in [9.17, 15) is 16.8 Å². The number of aromatic nitrogens is 2. The summed E-state index contributed by atoms with van der Waals surface area (Å²) in [7, 11) is -2.83. The van der Waals surface area contributed by atoms with Gasteiger partial charge in [0.1, 0.15) is 6.33 Å². The first-order valence-electron chi connectivity index (χ1n) is 3.83. The average molecular weight is 305 g/mol. The van der Waals surface area contributed by atoms with Crippen molar-refractivity contribution >= 4 is 41.2 Å². The summed E-state index contributed by atoms with van der Waals surface area (Å²) in [5.74, 6) is -1.37. The third-order valence-corrected chi connectivity index (χ3v) is 4.98. The maximum Gasteiger partial charge on any atom is 0.233 e. The Kier molecular flexibility index (Phi) is 4.11. The zero-order valence-corrected chi connectivity index (χ0v) is 10.8. The Balaban J connectivity index is 3.01.